The minimum absolute atomic E-state index is 0.445. The molecule has 21 heavy (non-hydrogen) atoms. The Balaban J connectivity index is 2.58. The van der Waals surface area contributed by atoms with Gasteiger partial charge in [0.2, 0.25) is 0 Å². The predicted octanol–water partition coefficient (Wildman–Crippen LogP) is 3.31. The molecule has 0 unspecified atom stereocenters. The molecule has 0 amide bonds. The molecule has 114 valence electrons. The van der Waals surface area contributed by atoms with Gasteiger partial charge in [0.1, 0.15) is 0 Å². The van der Waals surface area contributed by atoms with Crippen molar-refractivity contribution in [1.82, 2.24) is 20.1 Å². The molecule has 2 aromatic heterocycles. The standard InChI is InChI=1S/C17H26N4/c1-10(2)18-9-16-11(3)8-12(4)19-17(16)21-15(7)13(5)14(6)20-21/h8,10,18H,9H2,1-7H3. The van der Waals surface area contributed by atoms with Crippen LogP contribution in [0.25, 0.3) is 5.82 Å². The van der Waals surface area contributed by atoms with Crippen LogP contribution in [-0.2, 0) is 6.54 Å². The first-order valence-electron chi connectivity index (χ1n) is 7.55. The van der Waals surface area contributed by atoms with Crippen molar-refractivity contribution in [1.29, 1.82) is 0 Å². The van der Waals surface area contributed by atoms with Gasteiger partial charge >= 0.3 is 0 Å². The smallest absolute Gasteiger partial charge is 0.158 e. The number of pyridine rings is 1. The van der Waals surface area contributed by atoms with Gasteiger partial charge < -0.3 is 5.32 Å². The van der Waals surface area contributed by atoms with E-state index in [2.05, 4.69) is 51.1 Å². The van der Waals surface area contributed by atoms with Crippen molar-refractivity contribution in [3.8, 4) is 5.82 Å². The lowest BCUT2D eigenvalue weighted by molar-refractivity contribution is 0.582. The van der Waals surface area contributed by atoms with Crippen molar-refractivity contribution in [2.45, 2.75) is 61.1 Å². The first kappa shape index (κ1) is 15.7. The van der Waals surface area contributed by atoms with E-state index < -0.39 is 0 Å². The van der Waals surface area contributed by atoms with Gasteiger partial charge in [0.15, 0.2) is 5.82 Å². The maximum Gasteiger partial charge on any atom is 0.158 e. The molecular formula is C17H26N4. The fourth-order valence-corrected chi connectivity index (χ4v) is 2.47. The van der Waals surface area contributed by atoms with E-state index in [1.54, 1.807) is 0 Å². The van der Waals surface area contributed by atoms with Crippen molar-refractivity contribution in [3.05, 3.63) is 39.8 Å². The molecule has 2 aromatic rings. The number of aromatic nitrogens is 3. The Bertz CT molecular complexity index is 653. The average Bonchev–Trinajstić information content (AvgIpc) is 2.64. The van der Waals surface area contributed by atoms with Crippen molar-refractivity contribution < 1.29 is 0 Å². The third kappa shape index (κ3) is 3.16. The highest BCUT2D eigenvalue weighted by Gasteiger charge is 2.16. The first-order chi connectivity index (χ1) is 9.81. The summed E-state index contributed by atoms with van der Waals surface area (Å²) < 4.78 is 1.99. The second-order valence-corrected chi connectivity index (χ2v) is 6.13. The molecule has 0 saturated carbocycles. The van der Waals surface area contributed by atoms with E-state index in [-0.39, 0.29) is 0 Å². The van der Waals surface area contributed by atoms with Crippen LogP contribution in [0.1, 0.15) is 47.6 Å². The van der Waals surface area contributed by atoms with Gasteiger partial charge in [-0.2, -0.15) is 5.10 Å². The molecule has 0 radical (unpaired) electrons. The molecule has 0 saturated heterocycles. The van der Waals surface area contributed by atoms with Gasteiger partial charge in [0.25, 0.3) is 0 Å². The van der Waals surface area contributed by atoms with E-state index in [9.17, 15) is 0 Å². The molecule has 0 aliphatic carbocycles. The van der Waals surface area contributed by atoms with E-state index in [1.165, 1.54) is 16.7 Å². The number of aryl methyl sites for hydroxylation is 3. The summed E-state index contributed by atoms with van der Waals surface area (Å²) in [7, 11) is 0. The number of hydrogen-bond acceptors (Lipinski definition) is 3. The lowest BCUT2D eigenvalue weighted by Crippen LogP contribution is -2.24. The van der Waals surface area contributed by atoms with Crippen LogP contribution >= 0.6 is 0 Å². The normalized spacial score (nSPS) is 11.4. The monoisotopic (exact) mass is 286 g/mol. The summed E-state index contributed by atoms with van der Waals surface area (Å²) >= 11 is 0. The lowest BCUT2D eigenvalue weighted by Gasteiger charge is -2.16. The summed E-state index contributed by atoms with van der Waals surface area (Å²) in [5, 5.41) is 8.17. The van der Waals surface area contributed by atoms with E-state index in [4.69, 9.17) is 4.98 Å². The van der Waals surface area contributed by atoms with Crippen molar-refractivity contribution in [2.24, 2.45) is 0 Å². The number of nitrogens with zero attached hydrogens (tertiary/aromatic N) is 3. The van der Waals surface area contributed by atoms with Crippen molar-refractivity contribution in [3.63, 3.8) is 0 Å². The summed E-state index contributed by atoms with van der Waals surface area (Å²) in [4.78, 5) is 4.76. The van der Waals surface area contributed by atoms with Crippen LogP contribution in [0, 0.1) is 34.6 Å². The molecule has 4 nitrogen and oxygen atoms in total. The van der Waals surface area contributed by atoms with Gasteiger partial charge in [-0.3, -0.25) is 0 Å². The molecule has 4 heteroatoms. The lowest BCUT2D eigenvalue weighted by atomic mass is 10.1. The summed E-state index contributed by atoms with van der Waals surface area (Å²) in [5.41, 5.74) is 6.97. The quantitative estimate of drug-likeness (QED) is 0.937. The summed E-state index contributed by atoms with van der Waals surface area (Å²) in [5.74, 6) is 0.953. The Morgan fingerprint density at radius 3 is 2.33 bits per heavy atom. The van der Waals surface area contributed by atoms with E-state index in [0.717, 1.165) is 29.4 Å². The third-order valence-corrected chi connectivity index (χ3v) is 3.99. The van der Waals surface area contributed by atoms with E-state index in [0.29, 0.717) is 6.04 Å². The summed E-state index contributed by atoms with van der Waals surface area (Å²) in [6, 6.07) is 2.58. The van der Waals surface area contributed by atoms with Crippen LogP contribution in [0.4, 0.5) is 0 Å². The Morgan fingerprint density at radius 1 is 1.14 bits per heavy atom. The fourth-order valence-electron chi connectivity index (χ4n) is 2.47. The molecule has 0 bridgehead atoms. The molecular weight excluding hydrogens is 260 g/mol. The van der Waals surface area contributed by atoms with Gasteiger partial charge in [-0.05, 0) is 51.8 Å². The Morgan fingerprint density at radius 2 is 1.81 bits per heavy atom. The zero-order chi connectivity index (χ0) is 15.7. The molecule has 2 rings (SSSR count). The summed E-state index contributed by atoms with van der Waals surface area (Å²) in [6.45, 7) is 15.6. The second kappa shape index (κ2) is 5.98. The van der Waals surface area contributed by atoms with Crippen molar-refractivity contribution in [2.75, 3.05) is 0 Å². The molecule has 2 heterocycles. The topological polar surface area (TPSA) is 42.7 Å². The minimum atomic E-state index is 0.445. The molecule has 0 aromatic carbocycles. The Kier molecular flexibility index (Phi) is 4.47. The zero-order valence-electron chi connectivity index (χ0n) is 14.2. The highest BCUT2D eigenvalue weighted by Crippen LogP contribution is 2.22. The second-order valence-electron chi connectivity index (χ2n) is 6.13. The van der Waals surface area contributed by atoms with Gasteiger partial charge in [0, 0.05) is 29.5 Å². The molecule has 0 aliphatic heterocycles. The number of rotatable bonds is 4. The van der Waals surface area contributed by atoms with Gasteiger partial charge in [-0.1, -0.05) is 13.8 Å². The number of hydrogen-bond donors (Lipinski definition) is 1. The van der Waals surface area contributed by atoms with Gasteiger partial charge in [-0.25, -0.2) is 9.67 Å². The maximum absolute atomic E-state index is 4.76. The Hall–Kier alpha value is -1.68. The van der Waals surface area contributed by atoms with E-state index >= 15 is 0 Å². The molecule has 0 spiro atoms. The highest BCUT2D eigenvalue weighted by atomic mass is 15.3. The average molecular weight is 286 g/mol. The van der Waals surface area contributed by atoms with Gasteiger partial charge in [-0.15, -0.1) is 0 Å². The molecule has 0 fully saturated rings. The fraction of sp³-hybridized carbons (Fsp3) is 0.529. The third-order valence-electron chi connectivity index (χ3n) is 3.99. The van der Waals surface area contributed by atoms with Crippen LogP contribution in [0.5, 0.6) is 0 Å². The van der Waals surface area contributed by atoms with Crippen LogP contribution < -0.4 is 5.32 Å². The zero-order valence-corrected chi connectivity index (χ0v) is 14.2. The molecule has 0 atom stereocenters. The van der Waals surface area contributed by atoms with Crippen LogP contribution in [0.15, 0.2) is 6.07 Å². The Labute approximate surface area is 127 Å². The van der Waals surface area contributed by atoms with E-state index in [1.807, 2.05) is 18.5 Å². The van der Waals surface area contributed by atoms with Crippen molar-refractivity contribution >= 4 is 0 Å². The summed E-state index contributed by atoms with van der Waals surface area (Å²) in [6.07, 6.45) is 0. The predicted molar refractivity (Wildman–Crippen MR) is 87.0 cm³/mol. The SMILES string of the molecule is Cc1cc(C)c(CNC(C)C)c(-n2nc(C)c(C)c2C)n1. The first-order valence-corrected chi connectivity index (χ1v) is 7.55. The highest BCUT2D eigenvalue weighted by molar-refractivity contribution is 5.43. The number of nitrogens with one attached hydrogen (secondary N) is 1. The molecule has 0 aliphatic rings. The van der Waals surface area contributed by atoms with Crippen LogP contribution in [0.2, 0.25) is 0 Å². The maximum atomic E-state index is 4.76. The van der Waals surface area contributed by atoms with Crippen LogP contribution in [0.3, 0.4) is 0 Å². The minimum Gasteiger partial charge on any atom is -0.310 e. The molecule has 1 N–H and O–H groups in total. The van der Waals surface area contributed by atoms with Gasteiger partial charge in [0.05, 0.1) is 5.69 Å². The van der Waals surface area contributed by atoms with Crippen LogP contribution in [-0.4, -0.2) is 20.8 Å². The largest absolute Gasteiger partial charge is 0.310 e.